The number of anilines is 1. The molecule has 14 heavy (non-hydrogen) atoms. The van der Waals surface area contributed by atoms with E-state index in [0.29, 0.717) is 5.92 Å². The van der Waals surface area contributed by atoms with E-state index in [9.17, 15) is 0 Å². The van der Waals surface area contributed by atoms with Crippen LogP contribution in [0.25, 0.3) is 5.65 Å². The van der Waals surface area contributed by atoms with Gasteiger partial charge in [-0.15, -0.1) is 0 Å². The Bertz CT molecular complexity index is 444. The van der Waals surface area contributed by atoms with E-state index in [1.54, 1.807) is 6.20 Å². The highest BCUT2D eigenvalue weighted by atomic mass is 15.1. The Kier molecular flexibility index (Phi) is 2.11. The number of nitrogens with one attached hydrogen (secondary N) is 1. The van der Waals surface area contributed by atoms with Crippen LogP contribution in [0, 0.1) is 0 Å². The van der Waals surface area contributed by atoms with Gasteiger partial charge >= 0.3 is 0 Å². The smallest absolute Gasteiger partial charge is 0.180 e. The van der Waals surface area contributed by atoms with Crippen LogP contribution >= 0.6 is 0 Å². The number of nitrogens with zero attached hydrogens (tertiary/aromatic N) is 3. The summed E-state index contributed by atoms with van der Waals surface area (Å²) >= 11 is 0. The Morgan fingerprint density at radius 3 is 2.79 bits per heavy atom. The first-order chi connectivity index (χ1) is 6.74. The molecule has 0 aliphatic carbocycles. The van der Waals surface area contributed by atoms with E-state index in [0.717, 1.165) is 11.5 Å². The van der Waals surface area contributed by atoms with Gasteiger partial charge in [-0.2, -0.15) is 0 Å². The lowest BCUT2D eigenvalue weighted by molar-refractivity contribution is 0.807. The second-order valence-electron chi connectivity index (χ2n) is 3.56. The molecule has 0 unspecified atom stereocenters. The van der Waals surface area contributed by atoms with E-state index in [2.05, 4.69) is 33.5 Å². The van der Waals surface area contributed by atoms with Crippen molar-refractivity contribution < 1.29 is 0 Å². The van der Waals surface area contributed by atoms with E-state index in [1.165, 1.54) is 5.69 Å². The number of rotatable bonds is 2. The molecule has 0 aromatic carbocycles. The summed E-state index contributed by atoms with van der Waals surface area (Å²) < 4.78 is 2.07. The summed E-state index contributed by atoms with van der Waals surface area (Å²) in [5, 5.41) is 3.03. The third-order valence-corrected chi connectivity index (χ3v) is 2.28. The Hall–Kier alpha value is -1.58. The molecule has 0 saturated heterocycles. The second kappa shape index (κ2) is 3.29. The van der Waals surface area contributed by atoms with Crippen LogP contribution in [0.2, 0.25) is 0 Å². The van der Waals surface area contributed by atoms with Gasteiger partial charge in [0.05, 0.1) is 0 Å². The summed E-state index contributed by atoms with van der Waals surface area (Å²) in [6.07, 6.45) is 5.63. The van der Waals surface area contributed by atoms with Gasteiger partial charge in [0.25, 0.3) is 0 Å². The van der Waals surface area contributed by atoms with Crippen LogP contribution < -0.4 is 5.32 Å². The molecular weight excluding hydrogens is 176 g/mol. The lowest BCUT2D eigenvalue weighted by Crippen LogP contribution is -1.99. The zero-order valence-corrected chi connectivity index (χ0v) is 8.65. The van der Waals surface area contributed by atoms with Crippen LogP contribution in [0.15, 0.2) is 18.6 Å². The molecule has 0 aliphatic rings. The van der Waals surface area contributed by atoms with Crippen molar-refractivity contribution in [2.24, 2.45) is 0 Å². The number of hydrogen-bond donors (Lipinski definition) is 1. The quantitative estimate of drug-likeness (QED) is 0.786. The van der Waals surface area contributed by atoms with Gasteiger partial charge in [-0.1, -0.05) is 13.8 Å². The van der Waals surface area contributed by atoms with Gasteiger partial charge in [0.15, 0.2) is 11.5 Å². The molecule has 0 spiro atoms. The van der Waals surface area contributed by atoms with Gasteiger partial charge in [0.1, 0.15) is 0 Å². The average molecular weight is 190 g/mol. The maximum Gasteiger partial charge on any atom is 0.180 e. The first kappa shape index (κ1) is 8.99. The normalized spacial score (nSPS) is 11.1. The second-order valence-corrected chi connectivity index (χ2v) is 3.56. The van der Waals surface area contributed by atoms with Crippen molar-refractivity contribution in [1.82, 2.24) is 14.4 Å². The molecule has 2 aromatic heterocycles. The van der Waals surface area contributed by atoms with Crippen LogP contribution in [-0.4, -0.2) is 21.4 Å². The van der Waals surface area contributed by atoms with Crippen molar-refractivity contribution in [3.8, 4) is 0 Å². The van der Waals surface area contributed by atoms with Gasteiger partial charge in [-0.3, -0.25) is 4.40 Å². The van der Waals surface area contributed by atoms with Gasteiger partial charge < -0.3 is 5.32 Å². The van der Waals surface area contributed by atoms with Crippen LogP contribution in [0.1, 0.15) is 25.5 Å². The van der Waals surface area contributed by atoms with Gasteiger partial charge in [-0.05, 0) is 5.92 Å². The van der Waals surface area contributed by atoms with E-state index < -0.39 is 0 Å². The van der Waals surface area contributed by atoms with Crippen molar-refractivity contribution in [2.45, 2.75) is 19.8 Å². The summed E-state index contributed by atoms with van der Waals surface area (Å²) in [7, 11) is 1.85. The Balaban J connectivity index is 2.69. The van der Waals surface area contributed by atoms with Crippen molar-refractivity contribution in [3.63, 3.8) is 0 Å². The third-order valence-electron chi connectivity index (χ3n) is 2.28. The summed E-state index contributed by atoms with van der Waals surface area (Å²) in [6, 6.07) is 0. The minimum Gasteiger partial charge on any atom is -0.370 e. The molecule has 1 N–H and O–H groups in total. The van der Waals surface area contributed by atoms with Crippen LogP contribution in [0.5, 0.6) is 0 Å². The molecule has 0 atom stereocenters. The number of fused-ring (bicyclic) bond motifs is 1. The van der Waals surface area contributed by atoms with Crippen LogP contribution in [0.3, 0.4) is 0 Å². The molecule has 2 rings (SSSR count). The molecule has 0 bridgehead atoms. The molecule has 0 radical (unpaired) electrons. The van der Waals surface area contributed by atoms with Crippen LogP contribution in [-0.2, 0) is 0 Å². The maximum absolute atomic E-state index is 4.35. The molecule has 0 fully saturated rings. The van der Waals surface area contributed by atoms with Crippen molar-refractivity contribution >= 4 is 11.5 Å². The Labute approximate surface area is 83.0 Å². The van der Waals surface area contributed by atoms with Gasteiger partial charge in [-0.25, -0.2) is 9.97 Å². The minimum absolute atomic E-state index is 0.470. The number of hydrogen-bond acceptors (Lipinski definition) is 3. The number of aromatic nitrogens is 3. The standard InChI is InChI=1S/C10H14N4/c1-7(2)8-6-13-10-9(11-3)12-4-5-14(8)10/h4-7H,1-3H3,(H,11,12). The largest absolute Gasteiger partial charge is 0.370 e. The first-order valence-corrected chi connectivity index (χ1v) is 4.73. The molecule has 2 heterocycles. The van der Waals surface area contributed by atoms with Crippen molar-refractivity contribution in [3.05, 3.63) is 24.3 Å². The monoisotopic (exact) mass is 190 g/mol. The predicted octanol–water partition coefficient (Wildman–Crippen LogP) is 1.89. The number of imidazole rings is 1. The Morgan fingerprint density at radius 1 is 1.36 bits per heavy atom. The highest BCUT2D eigenvalue weighted by molar-refractivity contribution is 5.62. The fourth-order valence-corrected chi connectivity index (χ4v) is 1.54. The lowest BCUT2D eigenvalue weighted by Gasteiger charge is -2.05. The molecule has 0 saturated carbocycles. The molecule has 0 amide bonds. The molecule has 74 valence electrons. The lowest BCUT2D eigenvalue weighted by atomic mass is 10.1. The summed E-state index contributed by atoms with van der Waals surface area (Å²) in [5.41, 5.74) is 2.10. The molecular formula is C10H14N4. The highest BCUT2D eigenvalue weighted by Gasteiger charge is 2.09. The SMILES string of the molecule is CNc1nccn2c(C(C)C)cnc12. The van der Waals surface area contributed by atoms with Gasteiger partial charge in [0.2, 0.25) is 0 Å². The zero-order valence-electron chi connectivity index (χ0n) is 8.65. The summed E-state index contributed by atoms with van der Waals surface area (Å²) in [4.78, 5) is 8.55. The van der Waals surface area contributed by atoms with E-state index in [1.807, 2.05) is 19.4 Å². The average Bonchev–Trinajstić information content (AvgIpc) is 2.60. The van der Waals surface area contributed by atoms with Crippen LogP contribution in [0.4, 0.5) is 5.82 Å². The van der Waals surface area contributed by atoms with E-state index in [4.69, 9.17) is 0 Å². The zero-order chi connectivity index (χ0) is 10.1. The predicted molar refractivity (Wildman–Crippen MR) is 56.6 cm³/mol. The molecule has 2 aromatic rings. The fourth-order valence-electron chi connectivity index (χ4n) is 1.54. The van der Waals surface area contributed by atoms with E-state index in [-0.39, 0.29) is 0 Å². The van der Waals surface area contributed by atoms with Crippen molar-refractivity contribution in [1.29, 1.82) is 0 Å². The molecule has 4 heteroatoms. The first-order valence-electron chi connectivity index (χ1n) is 4.73. The highest BCUT2D eigenvalue weighted by Crippen LogP contribution is 2.19. The topological polar surface area (TPSA) is 42.2 Å². The molecule has 0 aliphatic heterocycles. The fraction of sp³-hybridized carbons (Fsp3) is 0.400. The van der Waals surface area contributed by atoms with Gasteiger partial charge in [0, 0.05) is 31.3 Å². The Morgan fingerprint density at radius 2 is 2.14 bits per heavy atom. The maximum atomic E-state index is 4.35. The minimum atomic E-state index is 0.470. The summed E-state index contributed by atoms with van der Waals surface area (Å²) in [5.74, 6) is 1.29. The third kappa shape index (κ3) is 1.23. The molecule has 4 nitrogen and oxygen atoms in total. The summed E-state index contributed by atoms with van der Waals surface area (Å²) in [6.45, 7) is 4.31. The van der Waals surface area contributed by atoms with Crippen molar-refractivity contribution in [2.75, 3.05) is 12.4 Å². The van der Waals surface area contributed by atoms with E-state index >= 15 is 0 Å².